The minimum Gasteiger partial charge on any atom is -0.393 e. The zero-order chi connectivity index (χ0) is 4.99. The lowest BCUT2D eigenvalue weighted by molar-refractivity contribution is 0.187. The van der Waals surface area contributed by atoms with E-state index in [1.165, 1.54) is 0 Å². The van der Waals surface area contributed by atoms with Gasteiger partial charge in [-0.05, 0) is 19.9 Å². The molecule has 1 unspecified atom stereocenters. The van der Waals surface area contributed by atoms with Crippen LogP contribution in [-0.4, -0.2) is 17.8 Å². The first-order valence-corrected chi connectivity index (χ1v) is 2.15. The van der Waals surface area contributed by atoms with E-state index in [1.54, 1.807) is 6.92 Å². The molecule has 0 fully saturated rings. The normalized spacial score (nSPS) is 12.4. The van der Waals surface area contributed by atoms with Crippen LogP contribution < -0.4 is 11.9 Å². The molecule has 0 spiro atoms. The van der Waals surface area contributed by atoms with Crippen LogP contribution in [0.4, 0.5) is 0 Å². The third kappa shape index (κ3) is 10.7. The highest BCUT2D eigenvalue weighted by atomic mass is 16.3. The summed E-state index contributed by atoms with van der Waals surface area (Å²) in [5.41, 5.74) is 5.07. The molecule has 0 rings (SSSR count). The second kappa shape index (κ2) is 5.88. The first-order chi connectivity index (χ1) is 2.77. The molecule has 3 nitrogen and oxygen atoms in total. The summed E-state index contributed by atoms with van der Waals surface area (Å²) in [5.74, 6) is 0. The van der Waals surface area contributed by atoms with Crippen LogP contribution >= 0.6 is 0 Å². The molecule has 0 aliphatic heterocycles. The third-order valence-electron chi connectivity index (χ3n) is 0.584. The van der Waals surface area contributed by atoms with Gasteiger partial charge >= 0.3 is 0 Å². The van der Waals surface area contributed by atoms with Crippen molar-refractivity contribution < 1.29 is 5.11 Å². The lowest BCUT2D eigenvalue weighted by Crippen LogP contribution is -2.08. The van der Waals surface area contributed by atoms with Gasteiger partial charge in [-0.25, -0.2) is 0 Å². The van der Waals surface area contributed by atoms with Gasteiger partial charge in [0.15, 0.2) is 0 Å². The molecule has 0 radical (unpaired) electrons. The predicted octanol–water partition coefficient (Wildman–Crippen LogP) is -0.122. The summed E-state index contributed by atoms with van der Waals surface area (Å²) in [6.45, 7) is 2.31. The van der Waals surface area contributed by atoms with Gasteiger partial charge in [-0.3, -0.25) is 0 Å². The smallest absolute Gasteiger partial charge is 0.0524 e. The molecule has 0 aromatic rings. The van der Waals surface area contributed by atoms with Crippen LogP contribution in [0.25, 0.3) is 0 Å². The number of rotatable bonds is 2. The molecule has 0 aromatic heterocycles. The second-order valence-corrected chi connectivity index (χ2v) is 1.43. The van der Waals surface area contributed by atoms with Gasteiger partial charge < -0.3 is 17.0 Å². The Morgan fingerprint density at radius 2 is 2.14 bits per heavy atom. The highest BCUT2D eigenvalue weighted by molar-refractivity contribution is 4.43. The minimum absolute atomic E-state index is 0. The van der Waals surface area contributed by atoms with E-state index >= 15 is 0 Å². The van der Waals surface area contributed by atoms with Crippen molar-refractivity contribution in [2.24, 2.45) is 5.73 Å². The standard InChI is InChI=1S/C4H11NO.H3N/c1-4(6)2-3-5;/h4,6H,2-3,5H2,1H3;1H3. The summed E-state index contributed by atoms with van der Waals surface area (Å²) in [5, 5.41) is 8.47. The van der Waals surface area contributed by atoms with Gasteiger partial charge in [-0.15, -0.1) is 0 Å². The van der Waals surface area contributed by atoms with Crippen molar-refractivity contribution in [3.8, 4) is 0 Å². The van der Waals surface area contributed by atoms with Crippen LogP contribution in [0.15, 0.2) is 0 Å². The van der Waals surface area contributed by atoms with Crippen LogP contribution in [0, 0.1) is 0 Å². The Hall–Kier alpha value is -0.120. The van der Waals surface area contributed by atoms with Crippen molar-refractivity contribution in [1.82, 2.24) is 6.15 Å². The highest BCUT2D eigenvalue weighted by Crippen LogP contribution is 1.81. The second-order valence-electron chi connectivity index (χ2n) is 1.43. The van der Waals surface area contributed by atoms with Crippen molar-refractivity contribution in [3.05, 3.63) is 0 Å². The Morgan fingerprint density at radius 1 is 1.71 bits per heavy atom. The maximum atomic E-state index is 8.47. The fourth-order valence-corrected chi connectivity index (χ4v) is 0.241. The van der Waals surface area contributed by atoms with E-state index in [9.17, 15) is 0 Å². The monoisotopic (exact) mass is 106 g/mol. The molecular formula is C4H14N2O. The average molecular weight is 106 g/mol. The van der Waals surface area contributed by atoms with Crippen LogP contribution in [-0.2, 0) is 0 Å². The fourth-order valence-electron chi connectivity index (χ4n) is 0.241. The number of hydrogen-bond donors (Lipinski definition) is 3. The number of aliphatic hydroxyl groups is 1. The Kier molecular flexibility index (Phi) is 8.39. The molecule has 0 amide bonds. The summed E-state index contributed by atoms with van der Waals surface area (Å²) in [6, 6.07) is 0. The van der Waals surface area contributed by atoms with E-state index in [0.717, 1.165) is 0 Å². The minimum atomic E-state index is -0.227. The maximum Gasteiger partial charge on any atom is 0.0524 e. The highest BCUT2D eigenvalue weighted by Gasteiger charge is 1.87. The first-order valence-electron chi connectivity index (χ1n) is 2.15. The summed E-state index contributed by atoms with van der Waals surface area (Å²) in [6.07, 6.45) is 0.481. The van der Waals surface area contributed by atoms with Crippen molar-refractivity contribution >= 4 is 0 Å². The van der Waals surface area contributed by atoms with Gasteiger partial charge in [-0.1, -0.05) is 0 Å². The van der Waals surface area contributed by atoms with Gasteiger partial charge in [0, 0.05) is 0 Å². The van der Waals surface area contributed by atoms with E-state index in [2.05, 4.69) is 0 Å². The molecule has 1 atom stereocenters. The summed E-state index contributed by atoms with van der Waals surface area (Å²) < 4.78 is 0. The topological polar surface area (TPSA) is 81.2 Å². The molecule has 0 aliphatic carbocycles. The first kappa shape index (κ1) is 9.99. The summed E-state index contributed by atoms with van der Waals surface area (Å²) in [4.78, 5) is 0. The predicted molar refractivity (Wildman–Crippen MR) is 30.4 cm³/mol. The number of nitrogens with two attached hydrogens (primary N) is 1. The molecule has 0 saturated heterocycles. The molecule has 7 heavy (non-hydrogen) atoms. The van der Waals surface area contributed by atoms with Crippen molar-refractivity contribution in [3.63, 3.8) is 0 Å². The Balaban J connectivity index is 0. The molecule has 0 aliphatic rings. The quantitative estimate of drug-likeness (QED) is 0.459. The zero-order valence-electron chi connectivity index (χ0n) is 4.72. The summed E-state index contributed by atoms with van der Waals surface area (Å²) in [7, 11) is 0. The van der Waals surface area contributed by atoms with E-state index in [4.69, 9.17) is 10.8 Å². The Morgan fingerprint density at radius 3 is 2.14 bits per heavy atom. The molecular weight excluding hydrogens is 92.1 g/mol. The average Bonchev–Trinajstić information content (AvgIpc) is 1.35. The van der Waals surface area contributed by atoms with Crippen LogP contribution in [0.2, 0.25) is 0 Å². The third-order valence-corrected chi connectivity index (χ3v) is 0.584. The van der Waals surface area contributed by atoms with Crippen LogP contribution in [0.3, 0.4) is 0 Å². The van der Waals surface area contributed by atoms with Crippen molar-refractivity contribution in [2.75, 3.05) is 6.54 Å². The Labute approximate surface area is 44.1 Å². The zero-order valence-corrected chi connectivity index (χ0v) is 4.72. The Bertz CT molecular complexity index is 30.9. The SMILES string of the molecule is CC(O)CCN.N. The molecule has 6 N–H and O–H groups in total. The van der Waals surface area contributed by atoms with Crippen LogP contribution in [0.5, 0.6) is 0 Å². The molecule has 0 aromatic carbocycles. The molecule has 0 bridgehead atoms. The molecule has 46 valence electrons. The van der Waals surface area contributed by atoms with Gasteiger partial charge in [0.2, 0.25) is 0 Å². The maximum absolute atomic E-state index is 8.47. The van der Waals surface area contributed by atoms with E-state index in [-0.39, 0.29) is 12.3 Å². The van der Waals surface area contributed by atoms with Crippen LogP contribution in [0.1, 0.15) is 13.3 Å². The van der Waals surface area contributed by atoms with Gasteiger partial charge in [0.25, 0.3) is 0 Å². The molecule has 3 heteroatoms. The number of aliphatic hydroxyl groups excluding tert-OH is 1. The van der Waals surface area contributed by atoms with Gasteiger partial charge in [0.05, 0.1) is 6.10 Å². The van der Waals surface area contributed by atoms with Crippen molar-refractivity contribution in [1.29, 1.82) is 0 Å². The van der Waals surface area contributed by atoms with Gasteiger partial charge in [-0.2, -0.15) is 0 Å². The number of hydrogen-bond acceptors (Lipinski definition) is 3. The molecule has 0 heterocycles. The summed E-state index contributed by atoms with van der Waals surface area (Å²) >= 11 is 0. The largest absolute Gasteiger partial charge is 0.393 e. The van der Waals surface area contributed by atoms with E-state index in [0.29, 0.717) is 13.0 Å². The van der Waals surface area contributed by atoms with Gasteiger partial charge in [0.1, 0.15) is 0 Å². The fraction of sp³-hybridized carbons (Fsp3) is 1.00. The van der Waals surface area contributed by atoms with Crippen molar-refractivity contribution in [2.45, 2.75) is 19.4 Å². The van der Waals surface area contributed by atoms with E-state index in [1.807, 2.05) is 0 Å². The lowest BCUT2D eigenvalue weighted by Gasteiger charge is -1.95. The van der Waals surface area contributed by atoms with E-state index < -0.39 is 0 Å². The molecule has 0 saturated carbocycles. The lowest BCUT2D eigenvalue weighted by atomic mass is 10.3.